The molecule has 0 unspecified atom stereocenters. The number of carboxylic acid groups (broad SMARTS) is 1. The molecule has 1 saturated carbocycles. The molecule has 2 amide bonds. The lowest BCUT2D eigenvalue weighted by Gasteiger charge is -2.34. The second-order valence-electron chi connectivity index (χ2n) is 11.1. The number of alkyl halides is 3. The number of halogens is 3. The fourth-order valence-electron chi connectivity index (χ4n) is 5.99. The fourth-order valence-corrected chi connectivity index (χ4v) is 5.99. The van der Waals surface area contributed by atoms with Crippen LogP contribution in [-0.2, 0) is 9.53 Å². The highest BCUT2D eigenvalue weighted by molar-refractivity contribution is 6.01. The van der Waals surface area contributed by atoms with Crippen molar-refractivity contribution in [1.82, 2.24) is 19.4 Å². The van der Waals surface area contributed by atoms with Gasteiger partial charge in [-0.1, -0.05) is 6.07 Å². The van der Waals surface area contributed by atoms with E-state index in [9.17, 15) is 32.7 Å². The molecular weight excluding hydrogens is 571 g/mol. The number of rotatable bonds is 6. The van der Waals surface area contributed by atoms with Gasteiger partial charge in [0.15, 0.2) is 5.75 Å². The third-order valence-corrected chi connectivity index (χ3v) is 8.50. The average molecular weight is 602 g/mol. The Hall–Kier alpha value is -4.17. The van der Waals surface area contributed by atoms with Crippen molar-refractivity contribution >= 4 is 28.6 Å². The zero-order valence-corrected chi connectivity index (χ0v) is 23.1. The number of nitrogens with zero attached hydrogens (tertiary/aromatic N) is 4. The molecule has 2 saturated heterocycles. The Balaban J connectivity index is 1.29. The molecule has 3 fully saturated rings. The van der Waals surface area contributed by atoms with Gasteiger partial charge in [-0.15, -0.1) is 13.2 Å². The molecule has 43 heavy (non-hydrogen) atoms. The van der Waals surface area contributed by atoms with Gasteiger partial charge in [0.1, 0.15) is 11.9 Å². The summed E-state index contributed by atoms with van der Waals surface area (Å²) >= 11 is 0. The first-order valence-corrected chi connectivity index (χ1v) is 14.1. The molecular formula is C29H30F3N5O6. The van der Waals surface area contributed by atoms with Crippen molar-refractivity contribution in [3.8, 4) is 11.4 Å². The van der Waals surface area contributed by atoms with E-state index in [4.69, 9.17) is 4.74 Å². The predicted octanol–water partition coefficient (Wildman–Crippen LogP) is 3.95. The van der Waals surface area contributed by atoms with Crippen LogP contribution >= 0.6 is 0 Å². The van der Waals surface area contributed by atoms with Crippen molar-refractivity contribution in [1.29, 1.82) is 0 Å². The maximum atomic E-state index is 13.5. The second-order valence-corrected chi connectivity index (χ2v) is 11.1. The first-order valence-electron chi connectivity index (χ1n) is 14.1. The van der Waals surface area contributed by atoms with E-state index < -0.39 is 35.2 Å². The maximum Gasteiger partial charge on any atom is 0.573 e. The summed E-state index contributed by atoms with van der Waals surface area (Å²) < 4.78 is 50.5. The fraction of sp³-hybridized carbons (Fsp3) is 0.448. The van der Waals surface area contributed by atoms with Crippen LogP contribution in [0.15, 0.2) is 47.5 Å². The number of piperidine rings is 1. The SMILES string of the molecule is O=C(O)N1CCC(c2ccc3c(=O)n(-c4ccc(OC(F)(F)F)c(NC(=O)C5(N6CCOCC6)CC5)c4)cnc3c2)CC1. The van der Waals surface area contributed by atoms with E-state index in [1.54, 1.807) is 6.07 Å². The minimum Gasteiger partial charge on any atom is -0.465 e. The lowest BCUT2D eigenvalue weighted by molar-refractivity contribution is -0.274. The summed E-state index contributed by atoms with van der Waals surface area (Å²) in [5.41, 5.74) is 0.130. The Morgan fingerprint density at radius 3 is 2.42 bits per heavy atom. The zero-order chi connectivity index (χ0) is 30.4. The van der Waals surface area contributed by atoms with E-state index in [1.807, 2.05) is 17.0 Å². The first-order chi connectivity index (χ1) is 20.5. The predicted molar refractivity (Wildman–Crippen MR) is 149 cm³/mol. The van der Waals surface area contributed by atoms with Crippen LogP contribution in [0.4, 0.5) is 23.7 Å². The number of amides is 2. The Bertz CT molecular complexity index is 1610. The number of carbonyl (C=O) groups is 2. The Morgan fingerprint density at radius 2 is 1.77 bits per heavy atom. The maximum absolute atomic E-state index is 13.5. The second kappa shape index (κ2) is 11.2. The van der Waals surface area contributed by atoms with Crippen molar-refractivity contribution in [2.24, 2.45) is 0 Å². The van der Waals surface area contributed by atoms with Gasteiger partial charge >= 0.3 is 12.5 Å². The number of ether oxygens (including phenoxy) is 2. The molecule has 1 aromatic heterocycles. The van der Waals surface area contributed by atoms with Gasteiger partial charge in [-0.3, -0.25) is 19.1 Å². The number of morpholine rings is 1. The lowest BCUT2D eigenvalue weighted by atomic mass is 9.89. The molecule has 0 spiro atoms. The molecule has 3 heterocycles. The molecule has 0 atom stereocenters. The minimum atomic E-state index is -4.99. The molecule has 228 valence electrons. The number of hydrogen-bond acceptors (Lipinski definition) is 7. The molecule has 2 aromatic carbocycles. The summed E-state index contributed by atoms with van der Waals surface area (Å²) in [6.07, 6.45) is -2.19. The highest BCUT2D eigenvalue weighted by Crippen LogP contribution is 2.44. The summed E-state index contributed by atoms with van der Waals surface area (Å²) in [4.78, 5) is 45.9. The van der Waals surface area contributed by atoms with Crippen LogP contribution in [0, 0.1) is 0 Å². The molecule has 3 aromatic rings. The number of carbonyl (C=O) groups excluding carboxylic acids is 1. The molecule has 11 nitrogen and oxygen atoms in total. The molecule has 3 aliphatic rings. The van der Waals surface area contributed by atoms with Crippen LogP contribution in [0.3, 0.4) is 0 Å². The summed E-state index contributed by atoms with van der Waals surface area (Å²) in [7, 11) is 0. The van der Waals surface area contributed by atoms with Crippen LogP contribution in [-0.4, -0.2) is 87.8 Å². The van der Waals surface area contributed by atoms with Crippen molar-refractivity contribution < 1.29 is 37.3 Å². The summed E-state index contributed by atoms with van der Waals surface area (Å²) in [6, 6.07) is 8.93. The highest BCUT2D eigenvalue weighted by atomic mass is 19.4. The molecule has 0 radical (unpaired) electrons. The number of fused-ring (bicyclic) bond motifs is 1. The van der Waals surface area contributed by atoms with Crippen molar-refractivity contribution in [2.45, 2.75) is 43.5 Å². The first kappa shape index (κ1) is 28.9. The quantitative estimate of drug-likeness (QED) is 0.435. The number of nitrogens with one attached hydrogen (secondary N) is 1. The number of aromatic nitrogens is 2. The van der Waals surface area contributed by atoms with Gasteiger partial charge in [-0.25, -0.2) is 9.78 Å². The van der Waals surface area contributed by atoms with Crippen molar-refractivity contribution in [2.75, 3.05) is 44.7 Å². The standard InChI is InChI=1S/C29H30F3N5O6/c30-29(31,32)43-24-4-2-20(16-23(24)34-26(39)28(7-8-28)36-11-13-42-14-12-36)37-17-33-22-15-19(1-3-21(22)25(37)38)18-5-9-35(10-6-18)27(40)41/h1-4,15-18H,5-14H2,(H,34,39)(H,40,41). The molecule has 6 rings (SSSR count). The Kier molecular flexibility index (Phi) is 7.50. The van der Waals surface area contributed by atoms with E-state index in [-0.39, 0.29) is 17.3 Å². The van der Waals surface area contributed by atoms with Gasteiger partial charge in [0, 0.05) is 26.2 Å². The van der Waals surface area contributed by atoms with Crippen LogP contribution in [0.2, 0.25) is 0 Å². The Labute approximate surface area is 243 Å². The van der Waals surface area contributed by atoms with Crippen LogP contribution in [0.1, 0.15) is 37.2 Å². The van der Waals surface area contributed by atoms with Gasteiger partial charge in [0.2, 0.25) is 5.91 Å². The molecule has 2 aliphatic heterocycles. The van der Waals surface area contributed by atoms with Crippen molar-refractivity contribution in [3.63, 3.8) is 0 Å². The molecule has 0 bridgehead atoms. The molecule has 2 N–H and O–H groups in total. The topological polar surface area (TPSA) is 126 Å². The average Bonchev–Trinajstić information content (AvgIpc) is 3.80. The van der Waals surface area contributed by atoms with Gasteiger partial charge in [0.25, 0.3) is 5.56 Å². The summed E-state index contributed by atoms with van der Waals surface area (Å²) in [6.45, 7) is 2.87. The smallest absolute Gasteiger partial charge is 0.465 e. The van der Waals surface area contributed by atoms with E-state index >= 15 is 0 Å². The third kappa shape index (κ3) is 5.89. The van der Waals surface area contributed by atoms with Crippen LogP contribution < -0.4 is 15.6 Å². The van der Waals surface area contributed by atoms with E-state index in [0.717, 1.165) is 11.6 Å². The largest absolute Gasteiger partial charge is 0.573 e. The van der Waals surface area contributed by atoms with E-state index in [0.29, 0.717) is 76.0 Å². The number of benzene rings is 2. The molecule has 1 aliphatic carbocycles. The minimum absolute atomic E-state index is 0.129. The van der Waals surface area contributed by atoms with Gasteiger partial charge in [-0.05, 0) is 67.5 Å². The van der Waals surface area contributed by atoms with Crippen molar-refractivity contribution in [3.05, 3.63) is 58.6 Å². The number of hydrogen-bond donors (Lipinski definition) is 2. The Morgan fingerprint density at radius 1 is 1.05 bits per heavy atom. The van der Waals surface area contributed by atoms with Gasteiger partial charge in [0.05, 0.1) is 35.5 Å². The normalized spacial score (nSPS) is 19.3. The van der Waals surface area contributed by atoms with Crippen LogP contribution in [0.5, 0.6) is 5.75 Å². The third-order valence-electron chi connectivity index (χ3n) is 8.50. The summed E-state index contributed by atoms with van der Waals surface area (Å²) in [5.74, 6) is -0.907. The van der Waals surface area contributed by atoms with E-state index in [2.05, 4.69) is 15.0 Å². The van der Waals surface area contributed by atoms with E-state index in [1.165, 1.54) is 27.9 Å². The van der Waals surface area contributed by atoms with Gasteiger partial charge in [-0.2, -0.15) is 0 Å². The van der Waals surface area contributed by atoms with Crippen LogP contribution in [0.25, 0.3) is 16.6 Å². The molecule has 14 heteroatoms. The monoisotopic (exact) mass is 601 g/mol. The lowest BCUT2D eigenvalue weighted by Crippen LogP contribution is -2.51. The van der Waals surface area contributed by atoms with Gasteiger partial charge < -0.3 is 24.8 Å². The number of likely N-dealkylation sites (tertiary alicyclic amines) is 1. The number of anilines is 1. The zero-order valence-electron chi connectivity index (χ0n) is 23.1. The highest BCUT2D eigenvalue weighted by Gasteiger charge is 2.54. The summed E-state index contributed by atoms with van der Waals surface area (Å²) in [5, 5.41) is 12.1.